The van der Waals surface area contributed by atoms with Crippen LogP contribution in [0.5, 0.6) is 17.2 Å². The lowest BCUT2D eigenvalue weighted by Gasteiger charge is -2.15. The number of anilines is 4. The van der Waals surface area contributed by atoms with Crippen LogP contribution in [0.4, 0.5) is 23.1 Å². The number of benzene rings is 2. The van der Waals surface area contributed by atoms with Crippen LogP contribution < -0.4 is 30.0 Å². The van der Waals surface area contributed by atoms with Gasteiger partial charge in [0.05, 0.1) is 27.0 Å². The SMILES string of the molecule is COc1cc(Nc2nccc(Nc3cccc(C)c3S(N)(=O)=O)n2)cc(OC)c1OC. The molecule has 0 aliphatic rings. The van der Waals surface area contributed by atoms with E-state index in [1.165, 1.54) is 27.5 Å². The number of hydrogen-bond acceptors (Lipinski definition) is 9. The Bertz CT molecular complexity index is 1180. The van der Waals surface area contributed by atoms with Crippen LogP contribution in [0.2, 0.25) is 0 Å². The van der Waals surface area contributed by atoms with Gasteiger partial charge in [-0.15, -0.1) is 0 Å². The molecule has 164 valence electrons. The first-order valence-corrected chi connectivity index (χ1v) is 10.6. The molecule has 0 atom stereocenters. The van der Waals surface area contributed by atoms with Gasteiger partial charge >= 0.3 is 0 Å². The number of primary sulfonamides is 1. The first-order valence-electron chi connectivity index (χ1n) is 9.06. The van der Waals surface area contributed by atoms with Crippen LogP contribution >= 0.6 is 0 Å². The minimum atomic E-state index is -3.93. The molecule has 10 nitrogen and oxygen atoms in total. The number of methoxy groups -OCH3 is 3. The second kappa shape index (κ2) is 9.06. The number of rotatable bonds is 8. The number of aryl methyl sites for hydroxylation is 1. The van der Waals surface area contributed by atoms with Gasteiger partial charge < -0.3 is 24.8 Å². The maximum atomic E-state index is 12.0. The van der Waals surface area contributed by atoms with Gasteiger partial charge in [0.1, 0.15) is 10.7 Å². The van der Waals surface area contributed by atoms with E-state index in [1.807, 2.05) is 0 Å². The number of nitrogens with zero attached hydrogens (tertiary/aromatic N) is 2. The Kier molecular flexibility index (Phi) is 6.47. The molecule has 3 rings (SSSR count). The van der Waals surface area contributed by atoms with Gasteiger partial charge in [-0.3, -0.25) is 0 Å². The van der Waals surface area contributed by atoms with Crippen LogP contribution in [-0.2, 0) is 10.0 Å². The van der Waals surface area contributed by atoms with E-state index >= 15 is 0 Å². The highest BCUT2D eigenvalue weighted by Gasteiger charge is 2.18. The number of sulfonamides is 1. The molecule has 1 heterocycles. The van der Waals surface area contributed by atoms with Crippen molar-refractivity contribution in [3.8, 4) is 17.2 Å². The fourth-order valence-electron chi connectivity index (χ4n) is 3.04. The number of nitrogens with one attached hydrogen (secondary N) is 2. The van der Waals surface area contributed by atoms with E-state index in [2.05, 4.69) is 20.6 Å². The van der Waals surface area contributed by atoms with Crippen LogP contribution in [0.15, 0.2) is 47.5 Å². The third kappa shape index (κ3) is 4.95. The topological polar surface area (TPSA) is 138 Å². The highest BCUT2D eigenvalue weighted by Crippen LogP contribution is 2.40. The summed E-state index contributed by atoms with van der Waals surface area (Å²) < 4.78 is 40.0. The quantitative estimate of drug-likeness (QED) is 0.478. The molecule has 31 heavy (non-hydrogen) atoms. The normalized spacial score (nSPS) is 11.0. The average Bonchev–Trinajstić information content (AvgIpc) is 2.72. The fraction of sp³-hybridized carbons (Fsp3) is 0.200. The van der Waals surface area contributed by atoms with E-state index in [4.69, 9.17) is 19.3 Å². The van der Waals surface area contributed by atoms with Crippen molar-refractivity contribution in [1.82, 2.24) is 9.97 Å². The van der Waals surface area contributed by atoms with Crippen LogP contribution in [0.25, 0.3) is 0 Å². The maximum absolute atomic E-state index is 12.0. The molecule has 11 heteroatoms. The molecule has 0 radical (unpaired) electrons. The van der Waals surface area contributed by atoms with Crippen molar-refractivity contribution in [2.24, 2.45) is 5.14 Å². The van der Waals surface area contributed by atoms with Gasteiger partial charge in [0.2, 0.25) is 21.7 Å². The summed E-state index contributed by atoms with van der Waals surface area (Å²) in [7, 11) is 0.636. The molecule has 0 spiro atoms. The molecule has 4 N–H and O–H groups in total. The molecule has 0 unspecified atom stereocenters. The van der Waals surface area contributed by atoms with Crippen LogP contribution in [-0.4, -0.2) is 39.7 Å². The van der Waals surface area contributed by atoms with Gasteiger partial charge in [0, 0.05) is 24.0 Å². The number of ether oxygens (including phenoxy) is 3. The van der Waals surface area contributed by atoms with Gasteiger partial charge in [0.25, 0.3) is 0 Å². The average molecular weight is 446 g/mol. The monoisotopic (exact) mass is 445 g/mol. The Labute approximate surface area is 180 Å². The van der Waals surface area contributed by atoms with Crippen molar-refractivity contribution in [2.45, 2.75) is 11.8 Å². The van der Waals surface area contributed by atoms with Crippen LogP contribution in [0.3, 0.4) is 0 Å². The van der Waals surface area contributed by atoms with Crippen molar-refractivity contribution >= 4 is 33.2 Å². The number of nitrogens with two attached hydrogens (primary N) is 1. The molecule has 0 saturated heterocycles. The summed E-state index contributed by atoms with van der Waals surface area (Å²) in [5, 5.41) is 11.4. The third-order valence-corrected chi connectivity index (χ3v) is 5.45. The van der Waals surface area contributed by atoms with Crippen molar-refractivity contribution in [3.05, 3.63) is 48.2 Å². The Morgan fingerprint density at radius 3 is 2.23 bits per heavy atom. The number of aromatic nitrogens is 2. The van der Waals surface area contributed by atoms with Crippen LogP contribution in [0.1, 0.15) is 5.56 Å². The summed E-state index contributed by atoms with van der Waals surface area (Å²) >= 11 is 0. The van der Waals surface area contributed by atoms with E-state index in [-0.39, 0.29) is 10.8 Å². The summed E-state index contributed by atoms with van der Waals surface area (Å²) in [5.41, 5.74) is 1.45. The van der Waals surface area contributed by atoms with Gasteiger partial charge in [-0.05, 0) is 24.6 Å². The van der Waals surface area contributed by atoms with E-state index in [0.717, 1.165) is 0 Å². The Morgan fingerprint density at radius 2 is 1.65 bits per heavy atom. The van der Waals surface area contributed by atoms with Crippen molar-refractivity contribution < 1.29 is 22.6 Å². The van der Waals surface area contributed by atoms with Gasteiger partial charge in [-0.2, -0.15) is 4.98 Å². The molecule has 0 fully saturated rings. The van der Waals surface area contributed by atoms with Crippen molar-refractivity contribution in [2.75, 3.05) is 32.0 Å². The highest BCUT2D eigenvalue weighted by molar-refractivity contribution is 7.89. The molecule has 0 aliphatic heterocycles. The molecular formula is C20H23N5O5S. The largest absolute Gasteiger partial charge is 0.493 e. The summed E-state index contributed by atoms with van der Waals surface area (Å²) in [6.07, 6.45) is 1.53. The van der Waals surface area contributed by atoms with E-state index in [9.17, 15) is 8.42 Å². The van der Waals surface area contributed by atoms with Crippen LogP contribution in [0, 0.1) is 6.92 Å². The molecule has 0 aliphatic carbocycles. The zero-order chi connectivity index (χ0) is 22.6. The molecular weight excluding hydrogens is 422 g/mol. The smallest absolute Gasteiger partial charge is 0.240 e. The van der Waals surface area contributed by atoms with E-state index in [1.54, 1.807) is 43.3 Å². The zero-order valence-electron chi connectivity index (χ0n) is 17.5. The van der Waals surface area contributed by atoms with Crippen molar-refractivity contribution in [3.63, 3.8) is 0 Å². The standard InChI is InChI=1S/C20H23N5O5S/c1-12-6-5-7-14(19(12)31(21,26)27)24-17-8-9-22-20(25-17)23-13-10-15(28-2)18(30-4)16(11-13)29-3/h5-11H,1-4H3,(H2,21,26,27)(H2,22,23,24,25). The van der Waals surface area contributed by atoms with Gasteiger partial charge in [-0.1, -0.05) is 12.1 Å². The highest BCUT2D eigenvalue weighted by atomic mass is 32.2. The second-order valence-electron chi connectivity index (χ2n) is 6.43. The van der Waals surface area contributed by atoms with Gasteiger partial charge in [0.15, 0.2) is 11.5 Å². The lowest BCUT2D eigenvalue weighted by molar-refractivity contribution is 0.324. The minimum absolute atomic E-state index is 0.00717. The Morgan fingerprint density at radius 1 is 0.968 bits per heavy atom. The first-order chi connectivity index (χ1) is 14.8. The predicted molar refractivity (Wildman–Crippen MR) is 117 cm³/mol. The third-order valence-electron chi connectivity index (χ3n) is 4.34. The molecule has 0 bridgehead atoms. The fourth-order valence-corrected chi connectivity index (χ4v) is 3.98. The van der Waals surface area contributed by atoms with Gasteiger partial charge in [-0.25, -0.2) is 18.5 Å². The molecule has 3 aromatic rings. The summed E-state index contributed by atoms with van der Waals surface area (Å²) in [6, 6.07) is 10.0. The lowest BCUT2D eigenvalue weighted by Crippen LogP contribution is -2.16. The van der Waals surface area contributed by atoms with Crippen molar-refractivity contribution in [1.29, 1.82) is 0 Å². The lowest BCUT2D eigenvalue weighted by atomic mass is 10.2. The minimum Gasteiger partial charge on any atom is -0.493 e. The Hall–Kier alpha value is -3.57. The summed E-state index contributed by atoms with van der Waals surface area (Å²) in [5.74, 6) is 2.04. The summed E-state index contributed by atoms with van der Waals surface area (Å²) in [6.45, 7) is 1.67. The zero-order valence-corrected chi connectivity index (χ0v) is 18.3. The molecule has 0 saturated carbocycles. The number of hydrogen-bond donors (Lipinski definition) is 3. The predicted octanol–water partition coefficient (Wildman–Crippen LogP) is 2.95. The summed E-state index contributed by atoms with van der Waals surface area (Å²) in [4.78, 5) is 8.60. The second-order valence-corrected chi connectivity index (χ2v) is 7.92. The molecule has 0 amide bonds. The molecule has 2 aromatic carbocycles. The van der Waals surface area contributed by atoms with E-state index in [0.29, 0.717) is 40.0 Å². The maximum Gasteiger partial charge on any atom is 0.240 e. The van der Waals surface area contributed by atoms with E-state index < -0.39 is 10.0 Å². The Balaban J connectivity index is 1.92. The first kappa shape index (κ1) is 22.1. The molecule has 1 aromatic heterocycles.